The Kier molecular flexibility index (Phi) is 8.11. The summed E-state index contributed by atoms with van der Waals surface area (Å²) in [6.45, 7) is 9.21. The Morgan fingerprint density at radius 2 is 2.15 bits per heavy atom. The van der Waals surface area contributed by atoms with E-state index in [-0.39, 0.29) is 12.0 Å². The lowest BCUT2D eigenvalue weighted by Crippen LogP contribution is -2.51. The first kappa shape index (κ1) is 17.4. The Bertz CT molecular complexity index is 286. The molecule has 0 aromatic carbocycles. The average Bonchev–Trinajstić information content (AvgIpc) is 2.63. The van der Waals surface area contributed by atoms with E-state index in [0.717, 1.165) is 52.0 Å². The van der Waals surface area contributed by atoms with Gasteiger partial charge in [-0.05, 0) is 45.9 Å². The minimum absolute atomic E-state index is 0.147. The third-order valence-electron chi connectivity index (χ3n) is 4.04. The van der Waals surface area contributed by atoms with Crippen molar-refractivity contribution in [2.75, 3.05) is 46.9 Å². The van der Waals surface area contributed by atoms with Gasteiger partial charge in [-0.2, -0.15) is 0 Å². The summed E-state index contributed by atoms with van der Waals surface area (Å²) in [7, 11) is 3.65. The zero-order valence-corrected chi connectivity index (χ0v) is 13.5. The van der Waals surface area contributed by atoms with Gasteiger partial charge in [0.05, 0.1) is 7.11 Å². The summed E-state index contributed by atoms with van der Waals surface area (Å²) in [4.78, 5) is 16.8. The van der Waals surface area contributed by atoms with E-state index in [0.29, 0.717) is 6.04 Å². The molecule has 1 N–H and O–H groups in total. The predicted molar refractivity (Wildman–Crippen MR) is 81.9 cm³/mol. The lowest BCUT2D eigenvalue weighted by molar-refractivity contribution is -0.143. The standard InChI is InChI=1S/C15H31N3O2/c1-5-8-16-14(15(19)20-4)12-18-10-7-9-17(3)11-13(18)6-2/h13-14,16H,5-12H2,1-4H3. The van der Waals surface area contributed by atoms with Crippen molar-refractivity contribution in [2.24, 2.45) is 0 Å². The normalized spacial score (nSPS) is 23.3. The van der Waals surface area contributed by atoms with Crippen molar-refractivity contribution in [2.45, 2.75) is 45.2 Å². The first-order valence-corrected chi connectivity index (χ1v) is 7.86. The van der Waals surface area contributed by atoms with Gasteiger partial charge >= 0.3 is 5.97 Å². The summed E-state index contributed by atoms with van der Waals surface area (Å²) in [5, 5.41) is 3.31. The number of nitrogens with one attached hydrogen (secondary N) is 1. The molecule has 5 heteroatoms. The highest BCUT2D eigenvalue weighted by Crippen LogP contribution is 2.12. The van der Waals surface area contributed by atoms with Crippen LogP contribution in [0.1, 0.15) is 33.1 Å². The van der Waals surface area contributed by atoms with E-state index in [2.05, 4.69) is 36.0 Å². The van der Waals surface area contributed by atoms with E-state index in [1.54, 1.807) is 0 Å². The number of esters is 1. The Morgan fingerprint density at radius 3 is 2.75 bits per heavy atom. The number of methoxy groups -OCH3 is 1. The average molecular weight is 285 g/mol. The first-order valence-electron chi connectivity index (χ1n) is 7.86. The van der Waals surface area contributed by atoms with Gasteiger partial charge < -0.3 is 15.0 Å². The van der Waals surface area contributed by atoms with Crippen LogP contribution in [-0.4, -0.2) is 74.7 Å². The van der Waals surface area contributed by atoms with Crippen molar-refractivity contribution in [1.82, 2.24) is 15.1 Å². The number of carbonyl (C=O) groups excluding carboxylic acids is 1. The van der Waals surface area contributed by atoms with Crippen molar-refractivity contribution in [1.29, 1.82) is 0 Å². The summed E-state index contributed by atoms with van der Waals surface area (Å²) < 4.78 is 4.93. The third-order valence-corrected chi connectivity index (χ3v) is 4.04. The summed E-state index contributed by atoms with van der Waals surface area (Å²) in [5.41, 5.74) is 0. The quantitative estimate of drug-likeness (QED) is 0.706. The fraction of sp³-hybridized carbons (Fsp3) is 0.933. The Morgan fingerprint density at radius 1 is 1.40 bits per heavy atom. The van der Waals surface area contributed by atoms with E-state index >= 15 is 0 Å². The molecule has 0 aliphatic carbocycles. The van der Waals surface area contributed by atoms with Crippen LogP contribution in [0.2, 0.25) is 0 Å². The lowest BCUT2D eigenvalue weighted by atomic mass is 10.1. The number of hydrogen-bond acceptors (Lipinski definition) is 5. The van der Waals surface area contributed by atoms with Crippen molar-refractivity contribution in [3.63, 3.8) is 0 Å². The molecule has 1 fully saturated rings. The fourth-order valence-electron chi connectivity index (χ4n) is 2.84. The number of hydrogen-bond donors (Lipinski definition) is 1. The van der Waals surface area contributed by atoms with Crippen LogP contribution in [0.25, 0.3) is 0 Å². The van der Waals surface area contributed by atoms with Gasteiger partial charge in [-0.3, -0.25) is 9.69 Å². The number of ether oxygens (including phenoxy) is 1. The van der Waals surface area contributed by atoms with Crippen molar-refractivity contribution >= 4 is 5.97 Å². The number of rotatable bonds is 7. The Balaban J connectivity index is 2.65. The maximum Gasteiger partial charge on any atom is 0.324 e. The molecule has 0 bridgehead atoms. The molecular weight excluding hydrogens is 254 g/mol. The largest absolute Gasteiger partial charge is 0.468 e. The highest BCUT2D eigenvalue weighted by Gasteiger charge is 2.27. The zero-order valence-electron chi connectivity index (χ0n) is 13.5. The van der Waals surface area contributed by atoms with Crippen LogP contribution in [0, 0.1) is 0 Å². The van der Waals surface area contributed by atoms with Crippen LogP contribution in [-0.2, 0) is 9.53 Å². The minimum Gasteiger partial charge on any atom is -0.468 e. The molecule has 5 nitrogen and oxygen atoms in total. The molecular formula is C15H31N3O2. The Labute approximate surface area is 123 Å². The van der Waals surface area contributed by atoms with Crippen molar-refractivity contribution in [3.05, 3.63) is 0 Å². The predicted octanol–water partition coefficient (Wildman–Crippen LogP) is 0.944. The Hall–Kier alpha value is -0.650. The highest BCUT2D eigenvalue weighted by atomic mass is 16.5. The lowest BCUT2D eigenvalue weighted by Gasteiger charge is -2.32. The fourth-order valence-corrected chi connectivity index (χ4v) is 2.84. The van der Waals surface area contributed by atoms with Crippen molar-refractivity contribution < 1.29 is 9.53 Å². The molecule has 1 aliphatic rings. The molecule has 0 radical (unpaired) electrons. The maximum atomic E-state index is 11.9. The van der Waals surface area contributed by atoms with Gasteiger partial charge in [0.15, 0.2) is 0 Å². The zero-order chi connectivity index (χ0) is 15.0. The molecule has 2 unspecified atom stereocenters. The summed E-state index contributed by atoms with van der Waals surface area (Å²) >= 11 is 0. The van der Waals surface area contributed by atoms with Gasteiger partial charge in [-0.25, -0.2) is 0 Å². The second-order valence-electron chi connectivity index (χ2n) is 5.70. The summed E-state index contributed by atoms with van der Waals surface area (Å²) in [5.74, 6) is -0.147. The second kappa shape index (κ2) is 9.32. The van der Waals surface area contributed by atoms with Crippen LogP contribution >= 0.6 is 0 Å². The van der Waals surface area contributed by atoms with Crippen LogP contribution in [0.5, 0.6) is 0 Å². The molecule has 0 amide bonds. The summed E-state index contributed by atoms with van der Waals surface area (Å²) in [6.07, 6.45) is 3.30. The number of carbonyl (C=O) groups is 1. The van der Waals surface area contributed by atoms with E-state index in [1.165, 1.54) is 7.11 Å². The van der Waals surface area contributed by atoms with Gasteiger partial charge in [0, 0.05) is 19.1 Å². The van der Waals surface area contributed by atoms with E-state index in [4.69, 9.17) is 4.74 Å². The molecule has 0 saturated carbocycles. The van der Waals surface area contributed by atoms with Gasteiger partial charge in [-0.15, -0.1) is 0 Å². The topological polar surface area (TPSA) is 44.8 Å². The van der Waals surface area contributed by atoms with E-state index in [1.807, 2.05) is 0 Å². The number of likely N-dealkylation sites (N-methyl/N-ethyl adjacent to an activating group) is 1. The molecule has 0 aromatic rings. The molecule has 1 aliphatic heterocycles. The maximum absolute atomic E-state index is 11.9. The van der Waals surface area contributed by atoms with Gasteiger partial charge in [0.1, 0.15) is 6.04 Å². The molecule has 1 heterocycles. The van der Waals surface area contributed by atoms with Crippen molar-refractivity contribution in [3.8, 4) is 0 Å². The minimum atomic E-state index is -0.211. The second-order valence-corrected chi connectivity index (χ2v) is 5.70. The van der Waals surface area contributed by atoms with Crippen LogP contribution in [0.4, 0.5) is 0 Å². The molecule has 2 atom stereocenters. The van der Waals surface area contributed by atoms with Gasteiger partial charge in [0.25, 0.3) is 0 Å². The monoisotopic (exact) mass is 285 g/mol. The molecule has 1 rings (SSSR count). The molecule has 0 aromatic heterocycles. The number of nitrogens with zero attached hydrogens (tertiary/aromatic N) is 2. The molecule has 0 spiro atoms. The van der Waals surface area contributed by atoms with Crippen LogP contribution in [0.15, 0.2) is 0 Å². The van der Waals surface area contributed by atoms with Gasteiger partial charge in [-0.1, -0.05) is 13.8 Å². The highest BCUT2D eigenvalue weighted by molar-refractivity contribution is 5.75. The SMILES string of the molecule is CCCNC(CN1CCCN(C)CC1CC)C(=O)OC. The first-order chi connectivity index (χ1) is 9.62. The van der Waals surface area contributed by atoms with Crippen LogP contribution < -0.4 is 5.32 Å². The molecule has 118 valence electrons. The third kappa shape index (κ3) is 5.38. The van der Waals surface area contributed by atoms with E-state index in [9.17, 15) is 4.79 Å². The van der Waals surface area contributed by atoms with E-state index < -0.39 is 0 Å². The summed E-state index contributed by atoms with van der Waals surface area (Å²) in [6, 6.07) is 0.315. The van der Waals surface area contributed by atoms with Gasteiger partial charge in [0.2, 0.25) is 0 Å². The molecule has 1 saturated heterocycles. The molecule has 20 heavy (non-hydrogen) atoms. The smallest absolute Gasteiger partial charge is 0.324 e. The van der Waals surface area contributed by atoms with Crippen LogP contribution in [0.3, 0.4) is 0 Å².